The first-order valence-corrected chi connectivity index (χ1v) is 9.69. The Hall–Kier alpha value is -1.63. The summed E-state index contributed by atoms with van der Waals surface area (Å²) < 4.78 is 23.3. The summed E-state index contributed by atoms with van der Waals surface area (Å²) in [6.07, 6.45) is 2.29. The third kappa shape index (κ3) is 4.67. The number of amides is 1. The molecule has 0 bridgehead atoms. The Bertz CT molecular complexity index is 663. The first-order chi connectivity index (χ1) is 10.6. The predicted octanol–water partition coefficient (Wildman–Crippen LogP) is 1.62. The van der Waals surface area contributed by atoms with Crippen molar-refractivity contribution >= 4 is 21.4 Å². The number of carbonyl (C=O) groups excluding carboxylic acids is 1. The summed E-state index contributed by atoms with van der Waals surface area (Å²) in [6, 6.07) is 3.50. The van der Waals surface area contributed by atoms with Crippen molar-refractivity contribution < 1.29 is 13.2 Å². The van der Waals surface area contributed by atoms with Gasteiger partial charge in [0.25, 0.3) is 5.91 Å². The molecule has 1 aliphatic rings. The second kappa shape index (κ2) is 6.47. The lowest BCUT2D eigenvalue weighted by Crippen LogP contribution is -2.41. The number of hydrogen-bond acceptors (Lipinski definition) is 5. The number of aromatic nitrogens is 1. The van der Waals surface area contributed by atoms with Gasteiger partial charge in [-0.25, -0.2) is 13.4 Å². The van der Waals surface area contributed by atoms with E-state index in [1.54, 1.807) is 12.3 Å². The summed E-state index contributed by atoms with van der Waals surface area (Å²) in [5.74, 6) is 0.219. The van der Waals surface area contributed by atoms with Gasteiger partial charge in [0.05, 0.1) is 23.4 Å². The van der Waals surface area contributed by atoms with Crippen LogP contribution in [0.5, 0.6) is 0 Å². The van der Waals surface area contributed by atoms with E-state index < -0.39 is 9.84 Å². The molecule has 1 amide bonds. The van der Waals surface area contributed by atoms with Crippen molar-refractivity contribution in [3.8, 4) is 0 Å². The molecule has 1 atom stereocenters. The molecule has 1 aliphatic heterocycles. The highest BCUT2D eigenvalue weighted by molar-refractivity contribution is 7.91. The highest BCUT2D eigenvalue weighted by Crippen LogP contribution is 2.23. The minimum absolute atomic E-state index is 0.0129. The molecular formula is C16H25N3O3S. The Morgan fingerprint density at radius 2 is 2.09 bits per heavy atom. The van der Waals surface area contributed by atoms with Crippen LogP contribution in [0, 0.1) is 0 Å². The second-order valence-corrected chi connectivity index (χ2v) is 9.18. The highest BCUT2D eigenvalue weighted by atomic mass is 32.2. The maximum atomic E-state index is 12.1. The monoisotopic (exact) mass is 339 g/mol. The summed E-state index contributed by atoms with van der Waals surface area (Å²) in [6.45, 7) is 8.44. The van der Waals surface area contributed by atoms with Gasteiger partial charge >= 0.3 is 0 Å². The number of anilines is 1. The molecule has 0 aliphatic carbocycles. The van der Waals surface area contributed by atoms with Gasteiger partial charge in [-0.15, -0.1) is 0 Å². The smallest absolute Gasteiger partial charge is 0.270 e. The molecule has 1 saturated heterocycles. The van der Waals surface area contributed by atoms with Crippen LogP contribution in [-0.4, -0.2) is 48.9 Å². The average molecular weight is 339 g/mol. The van der Waals surface area contributed by atoms with Crippen LogP contribution in [0.1, 0.15) is 44.6 Å². The van der Waals surface area contributed by atoms with E-state index in [1.807, 2.05) is 38.7 Å². The number of pyridine rings is 1. The second-order valence-electron chi connectivity index (χ2n) is 6.95. The first kappa shape index (κ1) is 17.7. The quantitative estimate of drug-likeness (QED) is 0.902. The molecule has 2 heterocycles. The highest BCUT2D eigenvalue weighted by Gasteiger charge is 2.32. The van der Waals surface area contributed by atoms with E-state index in [0.29, 0.717) is 18.7 Å². The zero-order valence-corrected chi connectivity index (χ0v) is 15.0. The van der Waals surface area contributed by atoms with Gasteiger partial charge in [0.2, 0.25) is 0 Å². The number of hydrogen-bond donors (Lipinski definition) is 1. The molecule has 1 fully saturated rings. The molecule has 0 radical (unpaired) electrons. The van der Waals surface area contributed by atoms with Gasteiger partial charge in [-0.3, -0.25) is 4.79 Å². The van der Waals surface area contributed by atoms with E-state index in [4.69, 9.17) is 0 Å². The fourth-order valence-corrected chi connectivity index (χ4v) is 4.50. The predicted molar refractivity (Wildman–Crippen MR) is 91.5 cm³/mol. The third-order valence-electron chi connectivity index (χ3n) is 3.79. The average Bonchev–Trinajstić information content (AvgIpc) is 2.78. The van der Waals surface area contributed by atoms with Gasteiger partial charge in [-0.2, -0.15) is 0 Å². The maximum Gasteiger partial charge on any atom is 0.270 e. The Morgan fingerprint density at radius 3 is 2.52 bits per heavy atom. The van der Waals surface area contributed by atoms with Crippen LogP contribution in [0.25, 0.3) is 0 Å². The van der Waals surface area contributed by atoms with E-state index in [-0.39, 0.29) is 29.0 Å². The lowest BCUT2D eigenvalue weighted by Gasteiger charge is -2.29. The molecule has 6 nitrogen and oxygen atoms in total. The van der Waals surface area contributed by atoms with Crippen LogP contribution in [0.4, 0.5) is 5.69 Å². The van der Waals surface area contributed by atoms with E-state index >= 15 is 0 Å². The summed E-state index contributed by atoms with van der Waals surface area (Å²) in [4.78, 5) is 18.4. The molecule has 1 N–H and O–H groups in total. The molecule has 1 aromatic rings. The van der Waals surface area contributed by atoms with Crippen molar-refractivity contribution in [1.29, 1.82) is 0 Å². The normalized spacial score (nSPS) is 20.3. The van der Waals surface area contributed by atoms with Crippen molar-refractivity contribution in [2.75, 3.05) is 23.0 Å². The summed E-state index contributed by atoms with van der Waals surface area (Å²) in [5, 5.41) is 2.87. The molecule has 0 spiro atoms. The zero-order valence-electron chi connectivity index (χ0n) is 14.2. The van der Waals surface area contributed by atoms with Crippen LogP contribution >= 0.6 is 0 Å². The number of rotatable bonds is 4. The zero-order chi connectivity index (χ0) is 17.3. The molecule has 1 aromatic heterocycles. The number of carbonyl (C=O) groups is 1. The Morgan fingerprint density at radius 1 is 1.39 bits per heavy atom. The van der Waals surface area contributed by atoms with Crippen molar-refractivity contribution in [3.05, 3.63) is 24.0 Å². The van der Waals surface area contributed by atoms with E-state index in [9.17, 15) is 13.2 Å². The molecule has 7 heteroatoms. The van der Waals surface area contributed by atoms with Crippen LogP contribution in [0.15, 0.2) is 18.3 Å². The van der Waals surface area contributed by atoms with Crippen LogP contribution in [0.3, 0.4) is 0 Å². The summed E-state index contributed by atoms with van der Waals surface area (Å²) >= 11 is 0. The van der Waals surface area contributed by atoms with Gasteiger partial charge in [0.15, 0.2) is 9.84 Å². The SMILES string of the molecule is CCN(c1ccc(C(=O)NC(C)(C)C)nc1)C1CCS(=O)(=O)C1. The Labute approximate surface area is 138 Å². The van der Waals surface area contributed by atoms with E-state index in [0.717, 1.165) is 5.69 Å². The van der Waals surface area contributed by atoms with Gasteiger partial charge in [-0.05, 0) is 46.2 Å². The molecular weight excluding hydrogens is 314 g/mol. The number of sulfone groups is 1. The minimum Gasteiger partial charge on any atom is -0.367 e. The van der Waals surface area contributed by atoms with Crippen molar-refractivity contribution in [2.45, 2.75) is 45.7 Å². The molecule has 23 heavy (non-hydrogen) atoms. The minimum atomic E-state index is -2.93. The fourth-order valence-electron chi connectivity index (χ4n) is 2.77. The van der Waals surface area contributed by atoms with Crippen LogP contribution in [0.2, 0.25) is 0 Å². The Kier molecular flexibility index (Phi) is 4.98. The van der Waals surface area contributed by atoms with Crippen molar-refractivity contribution in [2.24, 2.45) is 0 Å². The van der Waals surface area contributed by atoms with Gasteiger partial charge in [-0.1, -0.05) is 0 Å². The molecule has 1 unspecified atom stereocenters. The lowest BCUT2D eigenvalue weighted by molar-refractivity contribution is 0.0914. The number of nitrogens with zero attached hydrogens (tertiary/aromatic N) is 2. The Balaban J connectivity index is 2.13. The number of nitrogens with one attached hydrogen (secondary N) is 1. The van der Waals surface area contributed by atoms with Gasteiger partial charge < -0.3 is 10.2 Å². The standard InChI is InChI=1S/C16H25N3O3S/c1-5-19(13-8-9-23(21,22)11-13)12-6-7-14(17-10-12)15(20)18-16(2,3)4/h6-7,10,13H,5,8-9,11H2,1-4H3,(H,18,20). The summed E-state index contributed by atoms with van der Waals surface area (Å²) in [7, 11) is -2.93. The van der Waals surface area contributed by atoms with E-state index in [1.165, 1.54) is 0 Å². The molecule has 2 rings (SSSR count). The topological polar surface area (TPSA) is 79.4 Å². The van der Waals surface area contributed by atoms with Crippen molar-refractivity contribution in [1.82, 2.24) is 10.3 Å². The maximum absolute atomic E-state index is 12.1. The molecule has 0 aromatic carbocycles. The van der Waals surface area contributed by atoms with Gasteiger partial charge in [0.1, 0.15) is 5.69 Å². The van der Waals surface area contributed by atoms with Crippen molar-refractivity contribution in [3.63, 3.8) is 0 Å². The molecule has 0 saturated carbocycles. The lowest BCUT2D eigenvalue weighted by atomic mass is 10.1. The van der Waals surface area contributed by atoms with E-state index in [2.05, 4.69) is 10.3 Å². The van der Waals surface area contributed by atoms with Gasteiger partial charge in [0, 0.05) is 18.1 Å². The van der Waals surface area contributed by atoms with Crippen LogP contribution in [-0.2, 0) is 9.84 Å². The largest absolute Gasteiger partial charge is 0.367 e. The fraction of sp³-hybridized carbons (Fsp3) is 0.625. The summed E-state index contributed by atoms with van der Waals surface area (Å²) in [5.41, 5.74) is 0.895. The third-order valence-corrected chi connectivity index (χ3v) is 5.54. The van der Waals surface area contributed by atoms with Crippen LogP contribution < -0.4 is 10.2 Å². The molecule has 128 valence electrons. The first-order valence-electron chi connectivity index (χ1n) is 7.87.